The summed E-state index contributed by atoms with van der Waals surface area (Å²) in [4.78, 5) is 10.5. The number of anilines is 1. The van der Waals surface area contributed by atoms with Crippen LogP contribution in [-0.4, -0.2) is 11.5 Å². The van der Waals surface area contributed by atoms with E-state index >= 15 is 0 Å². The van der Waals surface area contributed by atoms with E-state index in [4.69, 9.17) is 0 Å². The Morgan fingerprint density at radius 2 is 2.40 bits per heavy atom. The lowest BCUT2D eigenvalue weighted by Crippen LogP contribution is -2.01. The molecule has 1 N–H and O–H groups in total. The summed E-state index contributed by atoms with van der Waals surface area (Å²) in [5.41, 5.74) is 2.03. The van der Waals surface area contributed by atoms with Crippen molar-refractivity contribution in [2.24, 2.45) is 0 Å². The highest BCUT2D eigenvalue weighted by Crippen LogP contribution is 2.39. The lowest BCUT2D eigenvalue weighted by atomic mass is 9.96. The van der Waals surface area contributed by atoms with Gasteiger partial charge in [-0.1, -0.05) is 25.5 Å². The van der Waals surface area contributed by atoms with E-state index in [-0.39, 0.29) is 10.6 Å². The molecule has 4 heteroatoms. The molecule has 0 aliphatic carbocycles. The largest absolute Gasteiger partial charge is 0.379 e. The molecule has 1 heterocycles. The molecule has 1 atom stereocenters. The molecule has 0 radical (unpaired) electrons. The van der Waals surface area contributed by atoms with E-state index in [1.807, 2.05) is 6.07 Å². The summed E-state index contributed by atoms with van der Waals surface area (Å²) in [5.74, 6) is 0.435. The van der Waals surface area contributed by atoms with Crippen molar-refractivity contribution in [3.63, 3.8) is 0 Å². The van der Waals surface area contributed by atoms with Gasteiger partial charge in [0.05, 0.1) is 4.92 Å². The fourth-order valence-corrected chi connectivity index (χ4v) is 2.18. The number of rotatable bonds is 3. The normalized spacial score (nSPS) is 18.3. The van der Waals surface area contributed by atoms with Crippen LogP contribution in [0.25, 0.3) is 0 Å². The molecule has 2 rings (SSSR count). The predicted octanol–water partition coefficient (Wildman–Crippen LogP) is 2.90. The number of benzene rings is 1. The number of para-hydroxylation sites is 1. The molecule has 0 saturated heterocycles. The maximum absolute atomic E-state index is 10.8. The van der Waals surface area contributed by atoms with Crippen LogP contribution in [-0.2, 0) is 0 Å². The highest BCUT2D eigenvalue weighted by atomic mass is 16.6. The third-order valence-corrected chi connectivity index (χ3v) is 2.87. The summed E-state index contributed by atoms with van der Waals surface area (Å²) in [6.45, 7) is 2.96. The second kappa shape index (κ2) is 3.88. The Bertz CT molecular complexity index is 390. The van der Waals surface area contributed by atoms with E-state index in [1.165, 1.54) is 0 Å². The smallest absolute Gasteiger partial charge is 0.292 e. The molecule has 0 fully saturated rings. The Labute approximate surface area is 88.5 Å². The number of nitrogens with one attached hydrogen (secondary N) is 1. The van der Waals surface area contributed by atoms with Gasteiger partial charge < -0.3 is 5.32 Å². The number of hydrogen-bond acceptors (Lipinski definition) is 3. The topological polar surface area (TPSA) is 55.2 Å². The molecule has 0 amide bonds. The molecule has 1 aromatic rings. The van der Waals surface area contributed by atoms with Crippen molar-refractivity contribution in [2.45, 2.75) is 25.7 Å². The summed E-state index contributed by atoms with van der Waals surface area (Å²) < 4.78 is 0. The average molecular weight is 206 g/mol. The van der Waals surface area contributed by atoms with Gasteiger partial charge >= 0.3 is 0 Å². The fourth-order valence-electron chi connectivity index (χ4n) is 2.18. The Morgan fingerprint density at radius 1 is 1.60 bits per heavy atom. The second-order valence-electron chi connectivity index (χ2n) is 3.86. The molecular weight excluding hydrogens is 192 g/mol. The van der Waals surface area contributed by atoms with E-state index in [9.17, 15) is 10.1 Å². The lowest BCUT2D eigenvalue weighted by Gasteiger charge is -2.07. The number of nitrogens with zero attached hydrogens (tertiary/aromatic N) is 1. The zero-order valence-electron chi connectivity index (χ0n) is 8.69. The molecule has 0 spiro atoms. The Kier molecular flexibility index (Phi) is 2.58. The second-order valence-corrected chi connectivity index (χ2v) is 3.86. The quantitative estimate of drug-likeness (QED) is 0.611. The van der Waals surface area contributed by atoms with E-state index in [0.29, 0.717) is 5.92 Å². The maximum Gasteiger partial charge on any atom is 0.292 e. The van der Waals surface area contributed by atoms with Crippen LogP contribution in [0.2, 0.25) is 0 Å². The molecule has 1 unspecified atom stereocenters. The first-order valence-corrected chi connectivity index (χ1v) is 5.25. The third-order valence-electron chi connectivity index (χ3n) is 2.87. The Hall–Kier alpha value is -1.58. The Balaban J connectivity index is 2.39. The van der Waals surface area contributed by atoms with Gasteiger partial charge in [0.25, 0.3) is 5.69 Å². The van der Waals surface area contributed by atoms with Crippen LogP contribution < -0.4 is 5.32 Å². The van der Waals surface area contributed by atoms with Crippen LogP contribution in [0.5, 0.6) is 0 Å². The number of hydrogen-bond donors (Lipinski definition) is 1. The molecule has 4 nitrogen and oxygen atoms in total. The molecule has 0 aromatic heterocycles. The van der Waals surface area contributed by atoms with Gasteiger partial charge in [0, 0.05) is 18.5 Å². The van der Waals surface area contributed by atoms with Crippen LogP contribution in [0.3, 0.4) is 0 Å². The highest BCUT2D eigenvalue weighted by molar-refractivity contribution is 5.70. The molecule has 0 bridgehead atoms. The number of nitro benzene ring substituents is 1. The molecular formula is C11H14N2O2. The van der Waals surface area contributed by atoms with Gasteiger partial charge in [-0.05, 0) is 12.0 Å². The summed E-state index contributed by atoms with van der Waals surface area (Å²) in [5, 5.41) is 13.9. The molecule has 80 valence electrons. The van der Waals surface area contributed by atoms with Gasteiger partial charge in [0.15, 0.2) is 0 Å². The standard InChI is InChI=1S/C11H14N2O2/c1-2-4-8-7-12-11-9(8)5-3-6-10(11)13(14)15/h3,5-6,8,12H,2,4,7H2,1H3. The molecule has 1 aromatic carbocycles. The SMILES string of the molecule is CCCC1CNc2c1cccc2[N+](=O)[O-]. The van der Waals surface area contributed by atoms with Crippen molar-refractivity contribution < 1.29 is 4.92 Å². The minimum Gasteiger partial charge on any atom is -0.379 e. The van der Waals surface area contributed by atoms with Crippen molar-refractivity contribution in [3.8, 4) is 0 Å². The van der Waals surface area contributed by atoms with Crippen molar-refractivity contribution >= 4 is 11.4 Å². The maximum atomic E-state index is 10.8. The van der Waals surface area contributed by atoms with Crippen molar-refractivity contribution in [1.82, 2.24) is 0 Å². The fraction of sp³-hybridized carbons (Fsp3) is 0.455. The van der Waals surface area contributed by atoms with Crippen molar-refractivity contribution in [3.05, 3.63) is 33.9 Å². The van der Waals surface area contributed by atoms with Gasteiger partial charge in [0.1, 0.15) is 5.69 Å². The first kappa shape index (κ1) is 9.96. The Morgan fingerprint density at radius 3 is 3.07 bits per heavy atom. The highest BCUT2D eigenvalue weighted by Gasteiger charge is 2.27. The molecule has 1 aliphatic heterocycles. The lowest BCUT2D eigenvalue weighted by molar-refractivity contribution is -0.383. The molecule has 15 heavy (non-hydrogen) atoms. The van der Waals surface area contributed by atoms with Crippen LogP contribution in [0, 0.1) is 10.1 Å². The van der Waals surface area contributed by atoms with Crippen LogP contribution >= 0.6 is 0 Å². The van der Waals surface area contributed by atoms with E-state index in [2.05, 4.69) is 12.2 Å². The number of fused-ring (bicyclic) bond motifs is 1. The van der Waals surface area contributed by atoms with Crippen LogP contribution in [0.1, 0.15) is 31.2 Å². The van der Waals surface area contributed by atoms with Crippen molar-refractivity contribution in [1.29, 1.82) is 0 Å². The third kappa shape index (κ3) is 1.67. The van der Waals surface area contributed by atoms with Gasteiger partial charge in [-0.3, -0.25) is 10.1 Å². The van der Waals surface area contributed by atoms with Crippen LogP contribution in [0.15, 0.2) is 18.2 Å². The summed E-state index contributed by atoms with van der Waals surface area (Å²) in [7, 11) is 0. The van der Waals surface area contributed by atoms with Gasteiger partial charge in [0.2, 0.25) is 0 Å². The van der Waals surface area contributed by atoms with E-state index in [1.54, 1.807) is 12.1 Å². The summed E-state index contributed by atoms with van der Waals surface area (Å²) in [6, 6.07) is 5.31. The average Bonchev–Trinajstić information content (AvgIpc) is 2.62. The predicted molar refractivity (Wildman–Crippen MR) is 59.2 cm³/mol. The van der Waals surface area contributed by atoms with Crippen molar-refractivity contribution in [2.75, 3.05) is 11.9 Å². The summed E-state index contributed by atoms with van der Waals surface area (Å²) >= 11 is 0. The minimum atomic E-state index is -0.319. The minimum absolute atomic E-state index is 0.200. The van der Waals surface area contributed by atoms with Gasteiger partial charge in [-0.25, -0.2) is 0 Å². The molecule has 1 aliphatic rings. The number of nitro groups is 1. The summed E-state index contributed by atoms with van der Waals surface area (Å²) in [6.07, 6.45) is 2.19. The zero-order chi connectivity index (χ0) is 10.8. The van der Waals surface area contributed by atoms with E-state index in [0.717, 1.165) is 30.6 Å². The van der Waals surface area contributed by atoms with Crippen LogP contribution in [0.4, 0.5) is 11.4 Å². The monoisotopic (exact) mass is 206 g/mol. The van der Waals surface area contributed by atoms with Gasteiger partial charge in [-0.15, -0.1) is 0 Å². The first-order chi connectivity index (χ1) is 7.24. The molecule has 0 saturated carbocycles. The first-order valence-electron chi connectivity index (χ1n) is 5.25. The zero-order valence-corrected chi connectivity index (χ0v) is 8.69. The van der Waals surface area contributed by atoms with Gasteiger partial charge in [-0.2, -0.15) is 0 Å². The van der Waals surface area contributed by atoms with E-state index < -0.39 is 0 Å².